The van der Waals surface area contributed by atoms with E-state index in [0.717, 1.165) is 15.4 Å². The zero-order valence-corrected chi connectivity index (χ0v) is 13.3. The first-order chi connectivity index (χ1) is 8.19. The number of nitrogens with one attached hydrogen (secondary N) is 1. The lowest BCUT2D eigenvalue weighted by atomic mass is 10.1. The second-order valence-electron chi connectivity index (χ2n) is 3.72. The second-order valence-corrected chi connectivity index (χ2v) is 6.50. The number of hydrogen-bond donors (Lipinski definition) is 1. The molecule has 0 fully saturated rings. The van der Waals surface area contributed by atoms with Crippen LogP contribution in [-0.4, -0.2) is 12.0 Å². The molecule has 1 unspecified atom stereocenters. The van der Waals surface area contributed by atoms with E-state index in [4.69, 9.17) is 0 Å². The number of aromatic nitrogens is 1. The summed E-state index contributed by atoms with van der Waals surface area (Å²) in [7, 11) is 1.99. The number of nitrogens with zero attached hydrogens (tertiary/aromatic N) is 1. The maximum Gasteiger partial charge on any atom is 0.0454 e. The third-order valence-electron chi connectivity index (χ3n) is 2.48. The van der Waals surface area contributed by atoms with Crippen molar-refractivity contribution in [1.82, 2.24) is 10.3 Å². The zero-order chi connectivity index (χ0) is 12.3. The van der Waals surface area contributed by atoms with E-state index in [1.165, 1.54) is 10.4 Å². The van der Waals surface area contributed by atoms with Crippen LogP contribution in [0.4, 0.5) is 0 Å². The highest BCUT2D eigenvalue weighted by Gasteiger charge is 2.12. The summed E-state index contributed by atoms with van der Waals surface area (Å²) < 4.78 is 2.17. The molecule has 0 aliphatic rings. The average molecular weight is 376 g/mol. The van der Waals surface area contributed by atoms with E-state index >= 15 is 0 Å². The molecule has 0 bridgehead atoms. The van der Waals surface area contributed by atoms with Crippen molar-refractivity contribution in [1.29, 1.82) is 0 Å². The van der Waals surface area contributed by atoms with E-state index in [1.54, 1.807) is 17.5 Å². The van der Waals surface area contributed by atoms with Crippen LogP contribution in [0.2, 0.25) is 0 Å². The molecule has 0 amide bonds. The third kappa shape index (κ3) is 3.61. The van der Waals surface area contributed by atoms with Crippen molar-refractivity contribution in [2.24, 2.45) is 0 Å². The van der Waals surface area contributed by atoms with Gasteiger partial charge >= 0.3 is 0 Å². The molecule has 0 saturated heterocycles. The fraction of sp³-hybridized carbons (Fsp3) is 0.250. The number of pyridine rings is 1. The van der Waals surface area contributed by atoms with Gasteiger partial charge in [0.2, 0.25) is 0 Å². The molecule has 5 heteroatoms. The van der Waals surface area contributed by atoms with Crippen molar-refractivity contribution in [2.45, 2.75) is 12.5 Å². The van der Waals surface area contributed by atoms with Crippen molar-refractivity contribution >= 4 is 43.2 Å². The molecule has 2 aromatic heterocycles. The van der Waals surface area contributed by atoms with Crippen LogP contribution >= 0.6 is 43.2 Å². The first kappa shape index (κ1) is 13.2. The number of likely N-dealkylation sites (N-methyl/N-ethyl adjacent to an activating group) is 1. The molecule has 0 aliphatic carbocycles. The van der Waals surface area contributed by atoms with E-state index in [0.29, 0.717) is 6.04 Å². The SMILES string of the molecule is CNC(Cc1cncc(Br)c1)c1cc(Br)cs1. The number of thiophene rings is 1. The molecular weight excluding hydrogens is 364 g/mol. The Labute approximate surface area is 122 Å². The van der Waals surface area contributed by atoms with E-state index in [1.807, 2.05) is 13.2 Å². The Kier molecular flexibility index (Phi) is 4.73. The van der Waals surface area contributed by atoms with Gasteiger partial charge in [-0.25, -0.2) is 0 Å². The molecule has 0 aromatic carbocycles. The molecule has 0 saturated carbocycles. The number of halogens is 2. The Bertz CT molecular complexity index is 499. The minimum atomic E-state index is 0.336. The molecule has 1 N–H and O–H groups in total. The Morgan fingerprint density at radius 1 is 1.29 bits per heavy atom. The van der Waals surface area contributed by atoms with Crippen molar-refractivity contribution in [2.75, 3.05) is 7.05 Å². The maximum absolute atomic E-state index is 4.19. The fourth-order valence-electron chi connectivity index (χ4n) is 1.66. The highest BCUT2D eigenvalue weighted by atomic mass is 79.9. The van der Waals surface area contributed by atoms with Gasteiger partial charge in [-0.05, 0) is 63.0 Å². The Morgan fingerprint density at radius 3 is 2.71 bits per heavy atom. The molecule has 0 aliphatic heterocycles. The van der Waals surface area contributed by atoms with Crippen molar-refractivity contribution in [3.8, 4) is 0 Å². The molecule has 0 spiro atoms. The van der Waals surface area contributed by atoms with Gasteiger partial charge in [-0.15, -0.1) is 11.3 Å². The van der Waals surface area contributed by atoms with Crippen LogP contribution in [0.15, 0.2) is 38.9 Å². The summed E-state index contributed by atoms with van der Waals surface area (Å²) >= 11 is 8.70. The molecule has 90 valence electrons. The predicted molar refractivity (Wildman–Crippen MR) is 79.5 cm³/mol. The Morgan fingerprint density at radius 2 is 2.12 bits per heavy atom. The normalized spacial score (nSPS) is 12.6. The first-order valence-corrected chi connectivity index (χ1v) is 7.66. The molecule has 2 heterocycles. The van der Waals surface area contributed by atoms with Crippen LogP contribution < -0.4 is 5.32 Å². The van der Waals surface area contributed by atoms with Crippen molar-refractivity contribution in [3.05, 3.63) is 49.3 Å². The van der Waals surface area contributed by atoms with Crippen LogP contribution in [0.25, 0.3) is 0 Å². The van der Waals surface area contributed by atoms with Gasteiger partial charge in [0, 0.05) is 37.6 Å². The summed E-state index contributed by atoms with van der Waals surface area (Å²) in [5.74, 6) is 0. The van der Waals surface area contributed by atoms with Gasteiger partial charge in [0.25, 0.3) is 0 Å². The van der Waals surface area contributed by atoms with E-state index < -0.39 is 0 Å². The summed E-state index contributed by atoms with van der Waals surface area (Å²) in [4.78, 5) is 5.52. The summed E-state index contributed by atoms with van der Waals surface area (Å²) in [6.07, 6.45) is 4.66. The summed E-state index contributed by atoms with van der Waals surface area (Å²) in [6.45, 7) is 0. The predicted octanol–water partition coefficient (Wildman–Crippen LogP) is 4.17. The molecule has 1 atom stereocenters. The van der Waals surface area contributed by atoms with Gasteiger partial charge in [0.1, 0.15) is 0 Å². The Balaban J connectivity index is 2.15. The molecule has 17 heavy (non-hydrogen) atoms. The minimum Gasteiger partial charge on any atom is -0.312 e. The van der Waals surface area contributed by atoms with E-state index in [9.17, 15) is 0 Å². The van der Waals surface area contributed by atoms with Crippen LogP contribution in [0.5, 0.6) is 0 Å². The number of rotatable bonds is 4. The summed E-state index contributed by atoms with van der Waals surface area (Å²) in [6, 6.07) is 4.61. The summed E-state index contributed by atoms with van der Waals surface area (Å²) in [5.41, 5.74) is 1.23. The first-order valence-electron chi connectivity index (χ1n) is 5.19. The van der Waals surface area contributed by atoms with E-state index in [2.05, 4.69) is 59.7 Å². The van der Waals surface area contributed by atoms with Gasteiger partial charge in [-0.3, -0.25) is 4.98 Å². The van der Waals surface area contributed by atoms with Crippen LogP contribution in [0.1, 0.15) is 16.5 Å². The van der Waals surface area contributed by atoms with Gasteiger partial charge < -0.3 is 5.32 Å². The molecule has 2 aromatic rings. The molecule has 2 rings (SSSR count). The molecular formula is C12H12Br2N2S. The highest BCUT2D eigenvalue weighted by Crippen LogP contribution is 2.28. The lowest BCUT2D eigenvalue weighted by Gasteiger charge is -2.14. The minimum absolute atomic E-state index is 0.336. The lowest BCUT2D eigenvalue weighted by Crippen LogP contribution is -2.17. The van der Waals surface area contributed by atoms with Crippen LogP contribution in [0, 0.1) is 0 Å². The second kappa shape index (κ2) is 6.09. The average Bonchev–Trinajstić information content (AvgIpc) is 2.73. The third-order valence-corrected chi connectivity index (χ3v) is 4.72. The fourth-order valence-corrected chi connectivity index (χ4v) is 3.63. The van der Waals surface area contributed by atoms with Gasteiger partial charge in [0.05, 0.1) is 0 Å². The van der Waals surface area contributed by atoms with Gasteiger partial charge in [-0.1, -0.05) is 0 Å². The monoisotopic (exact) mass is 374 g/mol. The largest absolute Gasteiger partial charge is 0.312 e. The standard InChI is InChI=1S/C12H12Br2N2S/c1-15-11(12-4-10(14)7-17-12)3-8-2-9(13)6-16-5-8/h2,4-7,11,15H,3H2,1H3. The van der Waals surface area contributed by atoms with Gasteiger partial charge in [0.15, 0.2) is 0 Å². The van der Waals surface area contributed by atoms with Gasteiger partial charge in [-0.2, -0.15) is 0 Å². The molecule has 0 radical (unpaired) electrons. The van der Waals surface area contributed by atoms with E-state index in [-0.39, 0.29) is 0 Å². The quantitative estimate of drug-likeness (QED) is 0.867. The van der Waals surface area contributed by atoms with Crippen molar-refractivity contribution < 1.29 is 0 Å². The lowest BCUT2D eigenvalue weighted by molar-refractivity contribution is 0.601. The number of hydrogen-bond acceptors (Lipinski definition) is 3. The van der Waals surface area contributed by atoms with Crippen LogP contribution in [0.3, 0.4) is 0 Å². The van der Waals surface area contributed by atoms with Crippen molar-refractivity contribution in [3.63, 3.8) is 0 Å². The highest BCUT2D eigenvalue weighted by molar-refractivity contribution is 9.10. The topological polar surface area (TPSA) is 24.9 Å². The molecule has 2 nitrogen and oxygen atoms in total. The Hall–Kier alpha value is -0.230. The smallest absolute Gasteiger partial charge is 0.0454 e. The maximum atomic E-state index is 4.19. The summed E-state index contributed by atoms with van der Waals surface area (Å²) in [5, 5.41) is 5.46. The van der Waals surface area contributed by atoms with Crippen LogP contribution in [-0.2, 0) is 6.42 Å². The zero-order valence-electron chi connectivity index (χ0n) is 9.28.